The van der Waals surface area contributed by atoms with E-state index in [1.807, 2.05) is 26.2 Å². The molecule has 0 radical (unpaired) electrons. The molecule has 3 nitrogen and oxygen atoms in total. The summed E-state index contributed by atoms with van der Waals surface area (Å²) >= 11 is 0. The van der Waals surface area contributed by atoms with E-state index in [1.165, 1.54) is 16.8 Å². The average Bonchev–Trinajstić information content (AvgIpc) is 2.27. The molecule has 0 aliphatic carbocycles. The van der Waals surface area contributed by atoms with Crippen molar-refractivity contribution in [3.8, 4) is 0 Å². The van der Waals surface area contributed by atoms with Gasteiger partial charge in [0.1, 0.15) is 0 Å². The molecule has 1 aromatic rings. The highest BCUT2D eigenvalue weighted by Crippen LogP contribution is 2.24. The van der Waals surface area contributed by atoms with Crippen LogP contribution in [0.4, 0.5) is 5.69 Å². The molecule has 2 rings (SSSR count). The van der Waals surface area contributed by atoms with E-state index in [9.17, 15) is 0 Å². The summed E-state index contributed by atoms with van der Waals surface area (Å²) in [6, 6.07) is 0.577. The molecule has 0 atom stereocenters. The number of nitrogens with one attached hydrogen (secondary N) is 2. The predicted molar refractivity (Wildman–Crippen MR) is 74.7 cm³/mol. The molecule has 3 heteroatoms. The molecule has 2 N–H and O–H groups in total. The summed E-state index contributed by atoms with van der Waals surface area (Å²) in [7, 11) is 0. The van der Waals surface area contributed by atoms with E-state index in [0.717, 1.165) is 13.1 Å². The van der Waals surface area contributed by atoms with Crippen LogP contribution in [0.1, 0.15) is 44.7 Å². The molecule has 0 amide bonds. The minimum atomic E-state index is 0.541. The van der Waals surface area contributed by atoms with Crippen molar-refractivity contribution in [3.63, 3.8) is 0 Å². The summed E-state index contributed by atoms with van der Waals surface area (Å²) < 4.78 is 0. The van der Waals surface area contributed by atoms with Crippen molar-refractivity contribution < 1.29 is 0 Å². The Balaban J connectivity index is 0.000000686. The highest BCUT2D eigenvalue weighted by molar-refractivity contribution is 5.53. The third kappa shape index (κ3) is 3.43. The summed E-state index contributed by atoms with van der Waals surface area (Å²) in [5.41, 5.74) is 3.87. The summed E-state index contributed by atoms with van der Waals surface area (Å²) in [4.78, 5) is 4.30. The molecule has 0 aromatic carbocycles. The zero-order chi connectivity index (χ0) is 12.8. The van der Waals surface area contributed by atoms with Crippen molar-refractivity contribution in [1.82, 2.24) is 10.3 Å². The van der Waals surface area contributed by atoms with Gasteiger partial charge < -0.3 is 10.6 Å². The fourth-order valence-electron chi connectivity index (χ4n) is 1.88. The molecule has 0 bridgehead atoms. The van der Waals surface area contributed by atoms with E-state index in [-0.39, 0.29) is 0 Å². The molecular formula is C14H25N3. The molecule has 17 heavy (non-hydrogen) atoms. The molecule has 0 saturated carbocycles. The van der Waals surface area contributed by atoms with Gasteiger partial charge in [-0.05, 0) is 24.0 Å². The SMILES string of the molecule is CC.Cc1c(NC2CNC2)cncc1C(C)C. The summed E-state index contributed by atoms with van der Waals surface area (Å²) in [6.07, 6.45) is 3.91. The van der Waals surface area contributed by atoms with Gasteiger partial charge >= 0.3 is 0 Å². The minimum Gasteiger partial charge on any atom is -0.378 e. The molecule has 1 aliphatic rings. The Morgan fingerprint density at radius 1 is 1.29 bits per heavy atom. The van der Waals surface area contributed by atoms with Crippen LogP contribution in [-0.4, -0.2) is 24.1 Å². The minimum absolute atomic E-state index is 0.541. The van der Waals surface area contributed by atoms with Crippen LogP contribution in [0.25, 0.3) is 0 Å². The second-order valence-electron chi connectivity index (χ2n) is 4.56. The van der Waals surface area contributed by atoms with Crippen LogP contribution < -0.4 is 10.6 Å². The maximum Gasteiger partial charge on any atom is 0.0562 e. The van der Waals surface area contributed by atoms with Crippen LogP contribution in [0.2, 0.25) is 0 Å². The first-order valence-corrected chi connectivity index (χ1v) is 6.60. The number of anilines is 1. The molecule has 1 saturated heterocycles. The predicted octanol–water partition coefficient (Wildman–Crippen LogP) is 2.92. The van der Waals surface area contributed by atoms with Crippen LogP contribution in [0.5, 0.6) is 0 Å². The zero-order valence-corrected chi connectivity index (χ0v) is 11.7. The van der Waals surface area contributed by atoms with Gasteiger partial charge in [0.25, 0.3) is 0 Å². The maximum atomic E-state index is 4.30. The fraction of sp³-hybridized carbons (Fsp3) is 0.643. The van der Waals surface area contributed by atoms with Gasteiger partial charge in [-0.1, -0.05) is 27.7 Å². The van der Waals surface area contributed by atoms with E-state index in [0.29, 0.717) is 12.0 Å². The van der Waals surface area contributed by atoms with E-state index >= 15 is 0 Å². The van der Waals surface area contributed by atoms with Gasteiger partial charge in [0.2, 0.25) is 0 Å². The third-order valence-corrected chi connectivity index (χ3v) is 3.02. The molecule has 1 aromatic heterocycles. The van der Waals surface area contributed by atoms with Gasteiger partial charge in [-0.25, -0.2) is 0 Å². The first-order valence-electron chi connectivity index (χ1n) is 6.60. The average molecular weight is 235 g/mol. The highest BCUT2D eigenvalue weighted by Gasteiger charge is 2.17. The largest absolute Gasteiger partial charge is 0.378 e. The normalized spacial score (nSPS) is 14.9. The summed E-state index contributed by atoms with van der Waals surface area (Å²) in [5, 5.41) is 6.77. The third-order valence-electron chi connectivity index (χ3n) is 3.02. The highest BCUT2D eigenvalue weighted by atomic mass is 15.1. The topological polar surface area (TPSA) is 37.0 Å². The van der Waals surface area contributed by atoms with Crippen molar-refractivity contribution in [2.24, 2.45) is 0 Å². The van der Waals surface area contributed by atoms with Crippen molar-refractivity contribution >= 4 is 5.69 Å². The van der Waals surface area contributed by atoms with Crippen molar-refractivity contribution in [2.45, 2.75) is 46.6 Å². The smallest absolute Gasteiger partial charge is 0.0562 e. The monoisotopic (exact) mass is 235 g/mol. The second kappa shape index (κ2) is 6.60. The molecule has 1 aliphatic heterocycles. The Labute approximate surface area is 105 Å². The quantitative estimate of drug-likeness (QED) is 0.846. The number of nitrogens with zero attached hydrogens (tertiary/aromatic N) is 1. The number of pyridine rings is 1. The molecular weight excluding hydrogens is 210 g/mol. The van der Waals surface area contributed by atoms with Gasteiger partial charge in [-0.2, -0.15) is 0 Å². The Bertz CT molecular complexity index is 343. The van der Waals surface area contributed by atoms with Gasteiger partial charge in [-0.3, -0.25) is 4.98 Å². The van der Waals surface area contributed by atoms with E-state index in [2.05, 4.69) is 36.4 Å². The zero-order valence-electron chi connectivity index (χ0n) is 11.7. The van der Waals surface area contributed by atoms with Gasteiger partial charge in [0.05, 0.1) is 17.9 Å². The molecule has 2 heterocycles. The second-order valence-corrected chi connectivity index (χ2v) is 4.56. The van der Waals surface area contributed by atoms with Crippen molar-refractivity contribution in [1.29, 1.82) is 0 Å². The van der Waals surface area contributed by atoms with E-state index in [1.54, 1.807) is 0 Å². The van der Waals surface area contributed by atoms with Crippen LogP contribution in [-0.2, 0) is 0 Å². The van der Waals surface area contributed by atoms with Crippen LogP contribution in [0.15, 0.2) is 12.4 Å². The molecule has 0 unspecified atom stereocenters. The van der Waals surface area contributed by atoms with Crippen molar-refractivity contribution in [3.05, 3.63) is 23.5 Å². The van der Waals surface area contributed by atoms with E-state index < -0.39 is 0 Å². The molecule has 0 spiro atoms. The van der Waals surface area contributed by atoms with Gasteiger partial charge in [-0.15, -0.1) is 0 Å². The Hall–Kier alpha value is -1.09. The molecule has 1 fully saturated rings. The number of rotatable bonds is 3. The van der Waals surface area contributed by atoms with Crippen molar-refractivity contribution in [2.75, 3.05) is 18.4 Å². The molecule has 96 valence electrons. The summed E-state index contributed by atoms with van der Waals surface area (Å²) in [6.45, 7) is 12.7. The fourth-order valence-corrected chi connectivity index (χ4v) is 1.88. The van der Waals surface area contributed by atoms with E-state index in [4.69, 9.17) is 0 Å². The summed E-state index contributed by atoms with van der Waals surface area (Å²) in [5.74, 6) is 0.541. The maximum absolute atomic E-state index is 4.30. The lowest BCUT2D eigenvalue weighted by atomic mass is 9.99. The van der Waals surface area contributed by atoms with Gasteiger partial charge in [0.15, 0.2) is 0 Å². The van der Waals surface area contributed by atoms with Crippen LogP contribution in [0.3, 0.4) is 0 Å². The first-order chi connectivity index (χ1) is 8.18. The standard InChI is InChI=1S/C12H19N3.C2H6/c1-8(2)11-6-14-7-12(9(11)3)15-10-4-13-5-10;1-2/h6-8,10,13,15H,4-5H2,1-3H3;1-2H3. The number of aromatic nitrogens is 1. The Morgan fingerprint density at radius 3 is 2.41 bits per heavy atom. The number of hydrogen-bond acceptors (Lipinski definition) is 3. The lowest BCUT2D eigenvalue weighted by Crippen LogP contribution is -2.51. The van der Waals surface area contributed by atoms with Gasteiger partial charge in [0, 0.05) is 19.3 Å². The Kier molecular flexibility index (Phi) is 5.42. The van der Waals surface area contributed by atoms with Crippen LogP contribution >= 0.6 is 0 Å². The van der Waals surface area contributed by atoms with Crippen LogP contribution in [0, 0.1) is 6.92 Å². The Morgan fingerprint density at radius 2 is 1.94 bits per heavy atom. The first kappa shape index (κ1) is 14.0. The number of hydrogen-bond donors (Lipinski definition) is 2. The lowest BCUT2D eigenvalue weighted by molar-refractivity contribution is 0.472. The lowest BCUT2D eigenvalue weighted by Gasteiger charge is -2.30.